The van der Waals surface area contributed by atoms with Gasteiger partial charge in [0.1, 0.15) is 0 Å². The molecule has 20 heavy (non-hydrogen) atoms. The van der Waals surface area contributed by atoms with Crippen LogP contribution in [-0.2, 0) is 10.8 Å². The first-order valence-electron chi connectivity index (χ1n) is 6.93. The predicted molar refractivity (Wildman–Crippen MR) is 86.2 cm³/mol. The molecular formula is C15H22O3Si2. The summed E-state index contributed by atoms with van der Waals surface area (Å²) in [5.41, 5.74) is 2.17. The molecule has 0 aliphatic carbocycles. The van der Waals surface area contributed by atoms with Crippen LogP contribution in [0.1, 0.15) is 26.3 Å². The molecule has 5 heteroatoms. The highest BCUT2D eigenvalue weighted by atomic mass is 28.3. The number of carbonyl (C=O) groups excluding carboxylic acids is 2. The van der Waals surface area contributed by atoms with Gasteiger partial charge in [-0.25, -0.2) is 9.59 Å². The van der Waals surface area contributed by atoms with E-state index in [9.17, 15) is 9.59 Å². The smallest absolute Gasteiger partial charge is 0.346 e. The first-order valence-corrected chi connectivity index (χ1v) is 14.1. The summed E-state index contributed by atoms with van der Waals surface area (Å²) >= 11 is 0. The highest BCUT2D eigenvalue weighted by Gasteiger charge is 2.36. The summed E-state index contributed by atoms with van der Waals surface area (Å²) in [4.78, 5) is 23.8. The van der Waals surface area contributed by atoms with E-state index < -0.39 is 28.1 Å². The Hall–Kier alpha value is -1.21. The lowest BCUT2D eigenvalue weighted by molar-refractivity contribution is 0.0444. The van der Waals surface area contributed by atoms with Gasteiger partial charge in [0, 0.05) is 8.07 Å². The minimum atomic E-state index is -1.71. The second-order valence-electron chi connectivity index (χ2n) is 7.73. The first-order chi connectivity index (χ1) is 8.99. The van der Waals surface area contributed by atoms with E-state index in [1.165, 1.54) is 5.56 Å². The van der Waals surface area contributed by atoms with Gasteiger partial charge in [-0.2, -0.15) is 0 Å². The molecule has 0 N–H and O–H groups in total. The van der Waals surface area contributed by atoms with Crippen LogP contribution in [0.5, 0.6) is 0 Å². The third-order valence-electron chi connectivity index (χ3n) is 3.35. The summed E-state index contributed by atoms with van der Waals surface area (Å²) < 4.78 is 4.81. The van der Waals surface area contributed by atoms with Crippen molar-refractivity contribution in [2.24, 2.45) is 0 Å². The van der Waals surface area contributed by atoms with Gasteiger partial charge < -0.3 is 4.74 Å². The van der Waals surface area contributed by atoms with E-state index in [-0.39, 0.29) is 0 Å². The lowest BCUT2D eigenvalue weighted by Gasteiger charge is -2.22. The quantitative estimate of drug-likeness (QED) is 0.490. The molecule has 1 aliphatic rings. The SMILES string of the molecule is C[Si](C)(C)Cc1cc2c(c([Si](C)(C)C)c1)C(=O)OC2=O. The standard InChI is InChI=1S/C15H22O3Si2/c1-19(2,3)9-10-7-11-13(15(17)18-14(11)16)12(8-10)20(4,5)6/h7-8H,9H2,1-6H3. The predicted octanol–water partition coefficient (Wildman–Crippen LogP) is 2.96. The fourth-order valence-electron chi connectivity index (χ4n) is 2.58. The Bertz CT molecular complexity index is 592. The van der Waals surface area contributed by atoms with E-state index in [0.717, 1.165) is 11.2 Å². The number of rotatable bonds is 3. The second-order valence-corrected chi connectivity index (χ2v) is 18.2. The minimum Gasteiger partial charge on any atom is -0.386 e. The highest BCUT2D eigenvalue weighted by Crippen LogP contribution is 2.24. The van der Waals surface area contributed by atoms with E-state index in [1.807, 2.05) is 6.07 Å². The van der Waals surface area contributed by atoms with Crippen molar-refractivity contribution in [3.63, 3.8) is 0 Å². The molecule has 108 valence electrons. The van der Waals surface area contributed by atoms with Crippen LogP contribution in [0.2, 0.25) is 39.3 Å². The van der Waals surface area contributed by atoms with Crippen LogP contribution in [0.3, 0.4) is 0 Å². The number of fused-ring (bicyclic) bond motifs is 1. The summed E-state index contributed by atoms with van der Waals surface area (Å²) in [6.07, 6.45) is 0. The third kappa shape index (κ3) is 2.93. The largest absolute Gasteiger partial charge is 0.386 e. The molecule has 0 spiro atoms. The third-order valence-corrected chi connectivity index (χ3v) is 6.83. The number of esters is 2. The summed E-state index contributed by atoms with van der Waals surface area (Å²) in [7, 11) is -2.98. The molecule has 0 atom stereocenters. The molecule has 1 aromatic carbocycles. The topological polar surface area (TPSA) is 43.4 Å². The Kier molecular flexibility index (Phi) is 3.54. The molecule has 1 heterocycles. The van der Waals surface area contributed by atoms with Crippen molar-refractivity contribution in [2.45, 2.75) is 45.3 Å². The van der Waals surface area contributed by atoms with Crippen molar-refractivity contribution >= 4 is 33.3 Å². The zero-order valence-electron chi connectivity index (χ0n) is 13.1. The molecule has 2 rings (SSSR count). The Morgan fingerprint density at radius 2 is 1.55 bits per heavy atom. The summed E-state index contributed by atoms with van der Waals surface area (Å²) in [6.45, 7) is 13.5. The number of ether oxygens (including phenoxy) is 1. The van der Waals surface area contributed by atoms with E-state index in [0.29, 0.717) is 11.1 Å². The Morgan fingerprint density at radius 3 is 2.05 bits per heavy atom. The van der Waals surface area contributed by atoms with Crippen molar-refractivity contribution in [1.82, 2.24) is 0 Å². The monoisotopic (exact) mass is 306 g/mol. The maximum absolute atomic E-state index is 11.9. The van der Waals surface area contributed by atoms with Crippen molar-refractivity contribution in [3.8, 4) is 0 Å². The van der Waals surface area contributed by atoms with Crippen LogP contribution in [0, 0.1) is 0 Å². The van der Waals surface area contributed by atoms with E-state index in [4.69, 9.17) is 4.74 Å². The second kappa shape index (κ2) is 4.67. The molecule has 0 bridgehead atoms. The van der Waals surface area contributed by atoms with Gasteiger partial charge in [0.15, 0.2) is 0 Å². The summed E-state index contributed by atoms with van der Waals surface area (Å²) in [5, 5.41) is 1.05. The average Bonchev–Trinajstić information content (AvgIpc) is 2.50. The molecule has 0 amide bonds. The lowest BCUT2D eigenvalue weighted by atomic mass is 10.1. The zero-order chi connectivity index (χ0) is 15.3. The van der Waals surface area contributed by atoms with Gasteiger partial charge >= 0.3 is 11.9 Å². The van der Waals surface area contributed by atoms with Gasteiger partial charge in [0.05, 0.1) is 19.2 Å². The Balaban J connectivity index is 2.64. The number of cyclic esters (lactones) is 2. The van der Waals surface area contributed by atoms with Crippen LogP contribution in [-0.4, -0.2) is 28.1 Å². The summed E-state index contributed by atoms with van der Waals surface area (Å²) in [6, 6.07) is 5.02. The fraction of sp³-hybridized carbons (Fsp3) is 0.467. The molecule has 0 fully saturated rings. The van der Waals surface area contributed by atoms with E-state index >= 15 is 0 Å². The van der Waals surface area contributed by atoms with E-state index in [1.54, 1.807) is 0 Å². The minimum absolute atomic E-state index is 0.470. The van der Waals surface area contributed by atoms with Crippen molar-refractivity contribution in [1.29, 1.82) is 0 Å². The highest BCUT2D eigenvalue weighted by molar-refractivity contribution is 6.89. The maximum Gasteiger partial charge on any atom is 0.346 e. The molecular weight excluding hydrogens is 284 g/mol. The molecule has 3 nitrogen and oxygen atoms in total. The van der Waals surface area contributed by atoms with Gasteiger partial charge in [0.25, 0.3) is 0 Å². The van der Waals surface area contributed by atoms with Crippen LogP contribution >= 0.6 is 0 Å². The molecule has 1 aliphatic heterocycles. The van der Waals surface area contributed by atoms with Crippen LogP contribution in [0.4, 0.5) is 0 Å². The molecule has 0 saturated heterocycles. The number of benzene rings is 1. The lowest BCUT2D eigenvalue weighted by Crippen LogP contribution is -2.42. The maximum atomic E-state index is 11.9. The van der Waals surface area contributed by atoms with E-state index in [2.05, 4.69) is 45.3 Å². The summed E-state index contributed by atoms with van der Waals surface area (Å²) in [5.74, 6) is -0.955. The van der Waals surface area contributed by atoms with Crippen LogP contribution in [0.15, 0.2) is 12.1 Å². The first kappa shape index (κ1) is 15.2. The van der Waals surface area contributed by atoms with Gasteiger partial charge in [-0.3, -0.25) is 0 Å². The van der Waals surface area contributed by atoms with Crippen molar-refractivity contribution in [3.05, 3.63) is 28.8 Å². The fourth-order valence-corrected chi connectivity index (χ4v) is 5.61. The number of hydrogen-bond donors (Lipinski definition) is 0. The molecule has 0 saturated carbocycles. The van der Waals surface area contributed by atoms with Gasteiger partial charge in [-0.1, -0.05) is 45.3 Å². The zero-order valence-corrected chi connectivity index (χ0v) is 15.1. The van der Waals surface area contributed by atoms with Crippen molar-refractivity contribution in [2.75, 3.05) is 0 Å². The van der Waals surface area contributed by atoms with Gasteiger partial charge in [0.2, 0.25) is 0 Å². The Labute approximate surface area is 122 Å². The van der Waals surface area contributed by atoms with Gasteiger partial charge in [-0.05, 0) is 22.9 Å². The van der Waals surface area contributed by atoms with Crippen LogP contribution < -0.4 is 5.19 Å². The van der Waals surface area contributed by atoms with Crippen molar-refractivity contribution < 1.29 is 14.3 Å². The van der Waals surface area contributed by atoms with Crippen LogP contribution in [0.25, 0.3) is 0 Å². The van der Waals surface area contributed by atoms with Gasteiger partial charge in [-0.15, -0.1) is 0 Å². The molecule has 0 radical (unpaired) electrons. The normalized spacial score (nSPS) is 15.3. The molecule has 0 aromatic heterocycles. The Morgan fingerprint density at radius 1 is 0.950 bits per heavy atom. The molecule has 1 aromatic rings. The number of carbonyl (C=O) groups is 2. The molecule has 0 unspecified atom stereocenters. The number of hydrogen-bond acceptors (Lipinski definition) is 3. The average molecular weight is 307 g/mol.